The molecule has 0 saturated carbocycles. The normalized spacial score (nSPS) is 10.1. The predicted molar refractivity (Wildman–Crippen MR) is 81.0 cm³/mol. The Kier molecular flexibility index (Phi) is 4.29. The lowest BCUT2D eigenvalue weighted by Crippen LogP contribution is -2.00. The fourth-order valence-electron chi connectivity index (χ4n) is 1.98. The summed E-state index contributed by atoms with van der Waals surface area (Å²) in [5.41, 5.74) is 4.63. The van der Waals surface area contributed by atoms with Crippen LogP contribution in [0.3, 0.4) is 0 Å². The van der Waals surface area contributed by atoms with Crippen molar-refractivity contribution in [2.24, 2.45) is 0 Å². The molecular formula is C16H20N2O. The van der Waals surface area contributed by atoms with E-state index in [0.29, 0.717) is 0 Å². The SMILES string of the molecule is CNc1ccc(CNc2ccc(OC)c(C)c2)cc1. The minimum absolute atomic E-state index is 0.815. The fourth-order valence-corrected chi connectivity index (χ4v) is 1.98. The quantitative estimate of drug-likeness (QED) is 0.856. The number of benzene rings is 2. The summed E-state index contributed by atoms with van der Waals surface area (Å²) >= 11 is 0. The first kappa shape index (κ1) is 13.3. The number of methoxy groups -OCH3 is 1. The zero-order valence-electron chi connectivity index (χ0n) is 11.7. The smallest absolute Gasteiger partial charge is 0.121 e. The number of hydrogen-bond donors (Lipinski definition) is 2. The van der Waals surface area contributed by atoms with Crippen LogP contribution in [-0.4, -0.2) is 14.2 Å². The number of rotatable bonds is 5. The van der Waals surface area contributed by atoms with Gasteiger partial charge in [0, 0.05) is 25.0 Å². The number of nitrogens with one attached hydrogen (secondary N) is 2. The van der Waals surface area contributed by atoms with Crippen molar-refractivity contribution in [3.8, 4) is 5.75 Å². The minimum Gasteiger partial charge on any atom is -0.496 e. The molecule has 100 valence electrons. The highest BCUT2D eigenvalue weighted by molar-refractivity contribution is 5.51. The zero-order valence-corrected chi connectivity index (χ0v) is 11.7. The van der Waals surface area contributed by atoms with Gasteiger partial charge in [0.2, 0.25) is 0 Å². The van der Waals surface area contributed by atoms with E-state index in [1.807, 2.05) is 26.1 Å². The van der Waals surface area contributed by atoms with Crippen molar-refractivity contribution in [1.82, 2.24) is 0 Å². The van der Waals surface area contributed by atoms with E-state index in [1.54, 1.807) is 7.11 Å². The van der Waals surface area contributed by atoms with E-state index in [2.05, 4.69) is 41.0 Å². The molecule has 0 atom stereocenters. The zero-order chi connectivity index (χ0) is 13.7. The summed E-state index contributed by atoms with van der Waals surface area (Å²) in [5.74, 6) is 0.920. The Morgan fingerprint density at radius 2 is 1.68 bits per heavy atom. The second-order valence-electron chi connectivity index (χ2n) is 4.48. The van der Waals surface area contributed by atoms with Crippen LogP contribution in [0, 0.1) is 6.92 Å². The maximum absolute atomic E-state index is 5.25. The van der Waals surface area contributed by atoms with Gasteiger partial charge in [-0.15, -0.1) is 0 Å². The van der Waals surface area contributed by atoms with Crippen LogP contribution in [0.1, 0.15) is 11.1 Å². The summed E-state index contributed by atoms with van der Waals surface area (Å²) < 4.78 is 5.25. The van der Waals surface area contributed by atoms with Gasteiger partial charge in [0.25, 0.3) is 0 Å². The highest BCUT2D eigenvalue weighted by Crippen LogP contribution is 2.21. The van der Waals surface area contributed by atoms with Crippen LogP contribution in [0.2, 0.25) is 0 Å². The van der Waals surface area contributed by atoms with Crippen LogP contribution in [-0.2, 0) is 6.54 Å². The van der Waals surface area contributed by atoms with E-state index < -0.39 is 0 Å². The lowest BCUT2D eigenvalue weighted by atomic mass is 10.1. The molecule has 0 fully saturated rings. The molecule has 19 heavy (non-hydrogen) atoms. The van der Waals surface area contributed by atoms with E-state index in [-0.39, 0.29) is 0 Å². The first-order chi connectivity index (χ1) is 9.22. The summed E-state index contributed by atoms with van der Waals surface area (Å²) in [6.45, 7) is 2.86. The molecule has 0 aromatic heterocycles. The molecule has 0 unspecified atom stereocenters. The molecule has 2 aromatic carbocycles. The summed E-state index contributed by atoms with van der Waals surface area (Å²) in [5, 5.41) is 6.53. The number of ether oxygens (including phenoxy) is 1. The van der Waals surface area contributed by atoms with Crippen molar-refractivity contribution in [3.05, 3.63) is 53.6 Å². The van der Waals surface area contributed by atoms with E-state index in [0.717, 1.165) is 29.2 Å². The van der Waals surface area contributed by atoms with Crippen molar-refractivity contribution in [1.29, 1.82) is 0 Å². The van der Waals surface area contributed by atoms with Gasteiger partial charge in [0.05, 0.1) is 7.11 Å². The molecule has 2 N–H and O–H groups in total. The predicted octanol–water partition coefficient (Wildman–Crippen LogP) is 3.66. The van der Waals surface area contributed by atoms with E-state index in [1.165, 1.54) is 5.56 Å². The fraction of sp³-hybridized carbons (Fsp3) is 0.250. The Morgan fingerprint density at radius 1 is 1.00 bits per heavy atom. The van der Waals surface area contributed by atoms with Gasteiger partial charge >= 0.3 is 0 Å². The summed E-state index contributed by atoms with van der Waals surface area (Å²) in [7, 11) is 3.62. The van der Waals surface area contributed by atoms with Gasteiger partial charge < -0.3 is 15.4 Å². The van der Waals surface area contributed by atoms with Crippen LogP contribution in [0.4, 0.5) is 11.4 Å². The maximum Gasteiger partial charge on any atom is 0.121 e. The topological polar surface area (TPSA) is 33.3 Å². The van der Waals surface area contributed by atoms with Crippen LogP contribution in [0.25, 0.3) is 0 Å². The van der Waals surface area contributed by atoms with Crippen molar-refractivity contribution in [3.63, 3.8) is 0 Å². The molecule has 0 aliphatic heterocycles. The Hall–Kier alpha value is -2.16. The van der Waals surface area contributed by atoms with Gasteiger partial charge in [-0.25, -0.2) is 0 Å². The molecular weight excluding hydrogens is 236 g/mol. The third-order valence-electron chi connectivity index (χ3n) is 3.13. The Bertz CT molecular complexity index is 535. The average Bonchev–Trinajstić information content (AvgIpc) is 2.46. The largest absolute Gasteiger partial charge is 0.496 e. The number of hydrogen-bond acceptors (Lipinski definition) is 3. The van der Waals surface area contributed by atoms with E-state index >= 15 is 0 Å². The Morgan fingerprint density at radius 3 is 2.26 bits per heavy atom. The lowest BCUT2D eigenvalue weighted by Gasteiger charge is -2.10. The van der Waals surface area contributed by atoms with Gasteiger partial charge in [0.15, 0.2) is 0 Å². The van der Waals surface area contributed by atoms with Crippen molar-refractivity contribution < 1.29 is 4.74 Å². The molecule has 0 amide bonds. The molecule has 3 nitrogen and oxygen atoms in total. The minimum atomic E-state index is 0.815. The van der Waals surface area contributed by atoms with Crippen LogP contribution < -0.4 is 15.4 Å². The molecule has 0 aliphatic rings. The first-order valence-corrected chi connectivity index (χ1v) is 6.38. The molecule has 0 bridgehead atoms. The molecule has 0 radical (unpaired) electrons. The van der Waals surface area contributed by atoms with Gasteiger partial charge in [-0.2, -0.15) is 0 Å². The highest BCUT2D eigenvalue weighted by Gasteiger charge is 2.00. The summed E-state index contributed by atoms with van der Waals surface area (Å²) in [6.07, 6.45) is 0. The lowest BCUT2D eigenvalue weighted by molar-refractivity contribution is 0.412. The summed E-state index contributed by atoms with van der Waals surface area (Å²) in [4.78, 5) is 0. The molecule has 2 aromatic rings. The molecule has 3 heteroatoms. The van der Waals surface area contributed by atoms with Crippen molar-refractivity contribution in [2.75, 3.05) is 24.8 Å². The second kappa shape index (κ2) is 6.14. The molecule has 0 aliphatic carbocycles. The average molecular weight is 256 g/mol. The Balaban J connectivity index is 1.99. The molecule has 0 heterocycles. The summed E-state index contributed by atoms with van der Waals surface area (Å²) in [6, 6.07) is 14.5. The van der Waals surface area contributed by atoms with Crippen molar-refractivity contribution >= 4 is 11.4 Å². The molecule has 2 rings (SSSR count). The maximum atomic E-state index is 5.25. The van der Waals surface area contributed by atoms with Crippen LogP contribution in [0.15, 0.2) is 42.5 Å². The Labute approximate surface area is 114 Å². The highest BCUT2D eigenvalue weighted by atomic mass is 16.5. The third-order valence-corrected chi connectivity index (χ3v) is 3.13. The van der Waals surface area contributed by atoms with Crippen LogP contribution in [0.5, 0.6) is 5.75 Å². The monoisotopic (exact) mass is 256 g/mol. The van der Waals surface area contributed by atoms with Gasteiger partial charge in [-0.1, -0.05) is 12.1 Å². The van der Waals surface area contributed by atoms with Crippen LogP contribution >= 0.6 is 0 Å². The van der Waals surface area contributed by atoms with Crippen molar-refractivity contribution in [2.45, 2.75) is 13.5 Å². The number of aryl methyl sites for hydroxylation is 1. The third kappa shape index (κ3) is 3.41. The molecule has 0 saturated heterocycles. The number of anilines is 2. The standard InChI is InChI=1S/C16H20N2O/c1-12-10-15(8-9-16(12)19-3)18-11-13-4-6-14(17-2)7-5-13/h4-10,17-18H,11H2,1-3H3. The van der Waals surface area contributed by atoms with Gasteiger partial charge in [-0.3, -0.25) is 0 Å². The van der Waals surface area contributed by atoms with E-state index in [9.17, 15) is 0 Å². The molecule has 0 spiro atoms. The van der Waals surface area contributed by atoms with Gasteiger partial charge in [0.1, 0.15) is 5.75 Å². The van der Waals surface area contributed by atoms with E-state index in [4.69, 9.17) is 4.74 Å². The van der Waals surface area contributed by atoms with Gasteiger partial charge in [-0.05, 0) is 48.4 Å². The first-order valence-electron chi connectivity index (χ1n) is 6.38. The second-order valence-corrected chi connectivity index (χ2v) is 4.48.